The highest BCUT2D eigenvalue weighted by Gasteiger charge is 2.44. The first-order valence-electron chi connectivity index (χ1n) is 9.09. The van der Waals surface area contributed by atoms with E-state index in [1.54, 1.807) is 0 Å². The third-order valence-corrected chi connectivity index (χ3v) is 5.88. The smallest absolute Gasteiger partial charge is 0.168 e. The van der Waals surface area contributed by atoms with Crippen molar-refractivity contribution in [2.24, 2.45) is 5.92 Å². The topological polar surface area (TPSA) is 33.7 Å². The third-order valence-electron chi connectivity index (χ3n) is 5.88. The van der Waals surface area contributed by atoms with Crippen LogP contribution in [0.1, 0.15) is 51.4 Å². The van der Waals surface area contributed by atoms with Crippen LogP contribution in [-0.2, 0) is 9.47 Å². The van der Waals surface area contributed by atoms with Crippen LogP contribution in [0, 0.1) is 5.92 Å². The van der Waals surface area contributed by atoms with Crippen molar-refractivity contribution in [2.75, 3.05) is 32.8 Å². The van der Waals surface area contributed by atoms with E-state index in [9.17, 15) is 0 Å². The fourth-order valence-electron chi connectivity index (χ4n) is 4.54. The van der Waals surface area contributed by atoms with Crippen LogP contribution >= 0.6 is 0 Å². The minimum Gasteiger partial charge on any atom is -0.348 e. The van der Waals surface area contributed by atoms with E-state index in [1.807, 2.05) is 0 Å². The zero-order valence-electron chi connectivity index (χ0n) is 13.2. The minimum absolute atomic E-state index is 0.196. The van der Waals surface area contributed by atoms with E-state index in [2.05, 4.69) is 10.2 Å². The average Bonchev–Trinajstić information content (AvgIpc) is 3.28. The molecule has 2 aliphatic carbocycles. The number of piperidine rings is 1. The number of nitrogens with zero attached hydrogens (tertiary/aromatic N) is 1. The lowest BCUT2D eigenvalue weighted by molar-refractivity contribution is -0.184. The van der Waals surface area contributed by atoms with Gasteiger partial charge in [-0.15, -0.1) is 0 Å². The Hall–Kier alpha value is -0.160. The monoisotopic (exact) mass is 294 g/mol. The molecule has 4 nitrogen and oxygen atoms in total. The Kier molecular flexibility index (Phi) is 4.23. The first kappa shape index (κ1) is 14.4. The van der Waals surface area contributed by atoms with Gasteiger partial charge in [0.1, 0.15) is 0 Å². The molecule has 4 fully saturated rings. The van der Waals surface area contributed by atoms with Gasteiger partial charge in [-0.3, -0.25) is 4.90 Å². The Morgan fingerprint density at radius 2 is 1.67 bits per heavy atom. The van der Waals surface area contributed by atoms with Crippen molar-refractivity contribution in [1.82, 2.24) is 10.2 Å². The third kappa shape index (κ3) is 3.29. The quantitative estimate of drug-likeness (QED) is 0.861. The summed E-state index contributed by atoms with van der Waals surface area (Å²) in [6.07, 6.45) is 10.3. The summed E-state index contributed by atoms with van der Waals surface area (Å²) in [5, 5.41) is 3.58. The van der Waals surface area contributed by atoms with Crippen molar-refractivity contribution in [3.05, 3.63) is 0 Å². The molecule has 0 bridgehead atoms. The first-order chi connectivity index (χ1) is 10.3. The molecule has 0 aromatic heterocycles. The SMILES string of the molecule is C1CNCC(CN(C2CC2)C2CCC3(CC2)OCCO3)C1. The minimum atomic E-state index is -0.196. The number of rotatable bonds is 4. The van der Waals surface area contributed by atoms with Gasteiger partial charge >= 0.3 is 0 Å². The Balaban J connectivity index is 1.34. The molecule has 0 amide bonds. The van der Waals surface area contributed by atoms with E-state index in [-0.39, 0.29) is 5.79 Å². The van der Waals surface area contributed by atoms with Crippen LogP contribution in [0.25, 0.3) is 0 Å². The number of hydrogen-bond donors (Lipinski definition) is 1. The molecule has 1 atom stereocenters. The lowest BCUT2D eigenvalue weighted by Crippen LogP contribution is -2.48. The summed E-state index contributed by atoms with van der Waals surface area (Å²) in [5.41, 5.74) is 0. The van der Waals surface area contributed by atoms with Gasteiger partial charge in [0.05, 0.1) is 13.2 Å². The summed E-state index contributed by atoms with van der Waals surface area (Å²) in [4.78, 5) is 2.86. The molecule has 2 saturated carbocycles. The molecule has 2 aliphatic heterocycles. The molecule has 2 saturated heterocycles. The molecule has 4 rings (SSSR count). The largest absolute Gasteiger partial charge is 0.348 e. The summed E-state index contributed by atoms with van der Waals surface area (Å²) < 4.78 is 11.8. The summed E-state index contributed by atoms with van der Waals surface area (Å²) in [6, 6.07) is 1.66. The normalized spacial score (nSPS) is 33.9. The molecule has 120 valence electrons. The fourth-order valence-corrected chi connectivity index (χ4v) is 4.54. The van der Waals surface area contributed by atoms with Gasteiger partial charge in [-0.2, -0.15) is 0 Å². The van der Waals surface area contributed by atoms with E-state index in [4.69, 9.17) is 9.47 Å². The summed E-state index contributed by atoms with van der Waals surface area (Å²) >= 11 is 0. The fraction of sp³-hybridized carbons (Fsp3) is 1.00. The molecule has 1 spiro atoms. The second kappa shape index (κ2) is 6.15. The predicted molar refractivity (Wildman–Crippen MR) is 82.2 cm³/mol. The zero-order valence-corrected chi connectivity index (χ0v) is 13.2. The molecule has 0 aromatic rings. The van der Waals surface area contributed by atoms with E-state index in [1.165, 1.54) is 58.2 Å². The van der Waals surface area contributed by atoms with Crippen molar-refractivity contribution in [3.63, 3.8) is 0 Å². The van der Waals surface area contributed by atoms with Crippen LogP contribution in [0.4, 0.5) is 0 Å². The van der Waals surface area contributed by atoms with Gasteiger partial charge in [-0.1, -0.05) is 0 Å². The van der Waals surface area contributed by atoms with Crippen LogP contribution in [0.15, 0.2) is 0 Å². The van der Waals surface area contributed by atoms with Crippen molar-refractivity contribution in [3.8, 4) is 0 Å². The standard InChI is InChI=1S/C17H30N2O2/c1-2-14(12-18-9-1)13-19(15-3-4-15)16-5-7-17(8-6-16)20-10-11-21-17/h14-16,18H,1-13H2. The van der Waals surface area contributed by atoms with Crippen LogP contribution in [-0.4, -0.2) is 55.6 Å². The van der Waals surface area contributed by atoms with E-state index >= 15 is 0 Å². The molecule has 0 aromatic carbocycles. The Bertz CT molecular complexity index is 337. The molecule has 0 radical (unpaired) electrons. The molecule has 21 heavy (non-hydrogen) atoms. The first-order valence-corrected chi connectivity index (χ1v) is 9.09. The van der Waals surface area contributed by atoms with Gasteiger partial charge in [0.15, 0.2) is 5.79 Å². The number of nitrogens with one attached hydrogen (secondary N) is 1. The van der Waals surface area contributed by atoms with Gasteiger partial charge < -0.3 is 14.8 Å². The Morgan fingerprint density at radius 3 is 2.29 bits per heavy atom. The molecule has 4 aliphatic rings. The van der Waals surface area contributed by atoms with Gasteiger partial charge in [0.25, 0.3) is 0 Å². The van der Waals surface area contributed by atoms with E-state index in [0.717, 1.165) is 44.1 Å². The molecule has 2 heterocycles. The summed E-state index contributed by atoms with van der Waals surface area (Å²) in [7, 11) is 0. The van der Waals surface area contributed by atoms with E-state index < -0.39 is 0 Å². The maximum atomic E-state index is 5.88. The zero-order chi connectivity index (χ0) is 14.1. The van der Waals surface area contributed by atoms with Gasteiger partial charge in [-0.05, 0) is 57.5 Å². The maximum Gasteiger partial charge on any atom is 0.168 e. The molecule has 1 N–H and O–H groups in total. The Labute approximate surface area is 128 Å². The predicted octanol–water partition coefficient (Wildman–Crippen LogP) is 2.14. The second-order valence-corrected chi connectivity index (χ2v) is 7.48. The molecular formula is C17H30N2O2. The van der Waals surface area contributed by atoms with Gasteiger partial charge in [-0.25, -0.2) is 0 Å². The lowest BCUT2D eigenvalue weighted by atomic mass is 9.88. The Morgan fingerprint density at radius 1 is 0.952 bits per heavy atom. The lowest BCUT2D eigenvalue weighted by Gasteiger charge is -2.42. The van der Waals surface area contributed by atoms with Gasteiger partial charge in [0, 0.05) is 31.5 Å². The van der Waals surface area contributed by atoms with Crippen molar-refractivity contribution < 1.29 is 9.47 Å². The van der Waals surface area contributed by atoms with E-state index in [0.29, 0.717) is 0 Å². The molecule has 4 heteroatoms. The van der Waals surface area contributed by atoms with Crippen LogP contribution in [0.3, 0.4) is 0 Å². The van der Waals surface area contributed by atoms with Crippen molar-refractivity contribution in [2.45, 2.75) is 69.2 Å². The number of ether oxygens (including phenoxy) is 2. The van der Waals surface area contributed by atoms with Crippen LogP contribution in [0.5, 0.6) is 0 Å². The van der Waals surface area contributed by atoms with Gasteiger partial charge in [0.2, 0.25) is 0 Å². The molecule has 1 unspecified atom stereocenters. The van der Waals surface area contributed by atoms with Crippen LogP contribution < -0.4 is 5.32 Å². The average molecular weight is 294 g/mol. The van der Waals surface area contributed by atoms with Crippen molar-refractivity contribution >= 4 is 0 Å². The highest BCUT2D eigenvalue weighted by molar-refractivity contribution is 4.94. The number of hydrogen-bond acceptors (Lipinski definition) is 4. The summed E-state index contributed by atoms with van der Waals surface area (Å²) in [6.45, 7) is 5.36. The van der Waals surface area contributed by atoms with Crippen molar-refractivity contribution in [1.29, 1.82) is 0 Å². The molecular weight excluding hydrogens is 264 g/mol. The highest BCUT2D eigenvalue weighted by atomic mass is 16.7. The summed E-state index contributed by atoms with van der Waals surface area (Å²) in [5.74, 6) is 0.673. The maximum absolute atomic E-state index is 5.88. The highest BCUT2D eigenvalue weighted by Crippen LogP contribution is 2.40. The second-order valence-electron chi connectivity index (χ2n) is 7.48. The van der Waals surface area contributed by atoms with Crippen LogP contribution in [0.2, 0.25) is 0 Å².